The first-order valence-electron chi connectivity index (χ1n) is 21.9. The third kappa shape index (κ3) is 17.0. The van der Waals surface area contributed by atoms with E-state index in [2.05, 4.69) is 4.90 Å². The van der Waals surface area contributed by atoms with E-state index < -0.39 is 35.7 Å². The Morgan fingerprint density at radius 3 is 0.962 bits per heavy atom. The number of hydrogen-bond acceptors (Lipinski definition) is 10. The number of nitrogens with zero attached hydrogens (tertiary/aromatic N) is 1. The average Bonchev–Trinajstić information content (AvgIpc) is 3.20. The van der Waals surface area contributed by atoms with E-state index in [9.17, 15) is 24.3 Å². The Morgan fingerprint density at radius 2 is 0.698 bits per heavy atom. The number of rotatable bonds is 23. The number of carbonyl (C=O) groups is 4. The molecule has 10 nitrogen and oxygen atoms in total. The Labute approximate surface area is 320 Å². The van der Waals surface area contributed by atoms with Gasteiger partial charge in [-0.2, -0.15) is 0 Å². The summed E-state index contributed by atoms with van der Waals surface area (Å²) < 4.78 is 23.0. The van der Waals surface area contributed by atoms with Crippen LogP contribution in [0, 0.1) is 35.5 Å². The van der Waals surface area contributed by atoms with Crippen LogP contribution in [0.25, 0.3) is 0 Å². The van der Waals surface area contributed by atoms with Crippen LogP contribution >= 0.6 is 0 Å². The zero-order chi connectivity index (χ0) is 37.5. The highest BCUT2D eigenvalue weighted by Gasteiger charge is 2.33. The van der Waals surface area contributed by atoms with Crippen LogP contribution < -0.4 is 0 Å². The zero-order valence-corrected chi connectivity index (χ0v) is 33.0. The molecule has 0 aromatic rings. The summed E-state index contributed by atoms with van der Waals surface area (Å²) in [7, 11) is 0. The van der Waals surface area contributed by atoms with Gasteiger partial charge in [0.25, 0.3) is 0 Å². The van der Waals surface area contributed by atoms with Gasteiger partial charge in [0, 0.05) is 13.2 Å². The van der Waals surface area contributed by atoms with Crippen molar-refractivity contribution in [3.8, 4) is 0 Å². The zero-order valence-electron chi connectivity index (χ0n) is 33.0. The van der Waals surface area contributed by atoms with Gasteiger partial charge in [-0.15, -0.1) is 0 Å². The van der Waals surface area contributed by atoms with Gasteiger partial charge in [-0.25, -0.2) is 0 Å². The van der Waals surface area contributed by atoms with Crippen molar-refractivity contribution in [3.05, 3.63) is 0 Å². The van der Waals surface area contributed by atoms with Crippen molar-refractivity contribution in [1.82, 2.24) is 4.90 Å². The number of aliphatic hydroxyl groups is 1. The van der Waals surface area contributed by atoms with Gasteiger partial charge in [0.15, 0.2) is 11.8 Å². The summed E-state index contributed by atoms with van der Waals surface area (Å²) in [5, 5.41) is 9.63. The highest BCUT2D eigenvalue weighted by atomic mass is 16.6. The molecule has 0 heterocycles. The summed E-state index contributed by atoms with van der Waals surface area (Å²) in [4.78, 5) is 55.6. The Morgan fingerprint density at radius 1 is 0.434 bits per heavy atom. The van der Waals surface area contributed by atoms with Crippen molar-refractivity contribution >= 4 is 23.9 Å². The van der Waals surface area contributed by atoms with Crippen molar-refractivity contribution in [2.45, 2.75) is 161 Å². The Hall–Kier alpha value is -2.20. The summed E-state index contributed by atoms with van der Waals surface area (Å²) in [6.07, 6.45) is 25.0. The highest BCUT2D eigenvalue weighted by molar-refractivity contribution is 5.95. The Balaban J connectivity index is 1.30. The molecule has 4 saturated carbocycles. The molecular weight excluding hydrogens is 674 g/mol. The minimum absolute atomic E-state index is 0.0454. The van der Waals surface area contributed by atoms with E-state index in [0.717, 1.165) is 103 Å². The van der Waals surface area contributed by atoms with Gasteiger partial charge in [0.1, 0.15) is 0 Å². The summed E-state index contributed by atoms with van der Waals surface area (Å²) in [6.45, 7) is 3.33. The van der Waals surface area contributed by atoms with E-state index in [1.54, 1.807) is 0 Å². The van der Waals surface area contributed by atoms with Gasteiger partial charge in [-0.3, -0.25) is 19.2 Å². The number of esters is 4. The van der Waals surface area contributed by atoms with E-state index in [1.807, 2.05) is 0 Å². The van der Waals surface area contributed by atoms with Crippen LogP contribution in [0.4, 0.5) is 0 Å². The van der Waals surface area contributed by atoms with Gasteiger partial charge in [-0.05, 0) is 120 Å². The molecule has 0 atom stereocenters. The maximum atomic E-state index is 13.4. The fraction of sp³-hybridized carbons (Fsp3) is 0.907. The maximum absolute atomic E-state index is 13.4. The van der Waals surface area contributed by atoms with E-state index in [0.29, 0.717) is 102 Å². The molecule has 0 aliphatic heterocycles. The lowest BCUT2D eigenvalue weighted by Gasteiger charge is -2.26. The van der Waals surface area contributed by atoms with Crippen LogP contribution in [0.2, 0.25) is 0 Å². The number of ether oxygens (including phenoxy) is 4. The van der Waals surface area contributed by atoms with Crippen LogP contribution in [0.1, 0.15) is 161 Å². The van der Waals surface area contributed by atoms with Crippen molar-refractivity contribution in [3.63, 3.8) is 0 Å². The van der Waals surface area contributed by atoms with Gasteiger partial charge in [-0.1, -0.05) is 77.0 Å². The fourth-order valence-electron chi connectivity index (χ4n) is 8.95. The fourth-order valence-corrected chi connectivity index (χ4v) is 8.95. The molecule has 4 fully saturated rings. The minimum Gasteiger partial charge on any atom is -0.465 e. The Bertz CT molecular complexity index is 898. The van der Waals surface area contributed by atoms with E-state index in [4.69, 9.17) is 18.9 Å². The van der Waals surface area contributed by atoms with Crippen LogP contribution in [0.3, 0.4) is 0 Å². The second-order valence-corrected chi connectivity index (χ2v) is 16.8. The predicted molar refractivity (Wildman–Crippen MR) is 204 cm³/mol. The molecule has 0 unspecified atom stereocenters. The summed E-state index contributed by atoms with van der Waals surface area (Å²) in [5.74, 6) is -2.39. The monoisotopic (exact) mass is 748 g/mol. The van der Waals surface area contributed by atoms with Crippen molar-refractivity contribution < 1.29 is 43.2 Å². The molecule has 4 rings (SSSR count). The van der Waals surface area contributed by atoms with Crippen LogP contribution in [0.5, 0.6) is 0 Å². The largest absolute Gasteiger partial charge is 0.465 e. The van der Waals surface area contributed by atoms with Crippen molar-refractivity contribution in [2.24, 2.45) is 35.5 Å². The van der Waals surface area contributed by atoms with E-state index in [-0.39, 0.29) is 6.61 Å². The maximum Gasteiger partial charge on any atom is 0.320 e. The number of carbonyl (C=O) groups excluding carboxylic acids is 4. The molecule has 0 aromatic heterocycles. The van der Waals surface area contributed by atoms with Gasteiger partial charge in [0.2, 0.25) is 0 Å². The quantitative estimate of drug-likeness (QED) is 0.0625. The molecular formula is C43H73NO9. The highest BCUT2D eigenvalue weighted by Crippen LogP contribution is 2.28. The molecule has 1 N–H and O–H groups in total. The van der Waals surface area contributed by atoms with Crippen LogP contribution in [-0.4, -0.2) is 86.6 Å². The standard InChI is InChI=1S/C43H73NO9/c45-29-15-28-44(26-13-24-38(40(46)50-30-34-16-5-1-6-17-34)41(47)51-31-35-18-7-2-8-19-35)27-14-25-39(42(48)52-32-36-20-9-3-10-21-36)43(49)53-33-37-22-11-4-12-23-37/h34-39,45H,1-33H2. The second kappa shape index (κ2) is 25.8. The third-order valence-corrected chi connectivity index (χ3v) is 12.4. The molecule has 53 heavy (non-hydrogen) atoms. The molecule has 10 heteroatoms. The lowest BCUT2D eigenvalue weighted by atomic mass is 9.90. The smallest absolute Gasteiger partial charge is 0.320 e. The molecule has 0 spiro atoms. The lowest BCUT2D eigenvalue weighted by Crippen LogP contribution is -2.34. The normalized spacial score (nSPS) is 19.8. The van der Waals surface area contributed by atoms with E-state index >= 15 is 0 Å². The molecule has 0 radical (unpaired) electrons. The molecule has 304 valence electrons. The Kier molecular flexibility index (Phi) is 21.2. The predicted octanol–water partition coefficient (Wildman–Crippen LogP) is 7.96. The van der Waals surface area contributed by atoms with E-state index in [1.165, 1.54) is 25.7 Å². The van der Waals surface area contributed by atoms with Crippen molar-refractivity contribution in [1.29, 1.82) is 0 Å². The average molecular weight is 748 g/mol. The molecule has 0 bridgehead atoms. The molecule has 4 aliphatic rings. The lowest BCUT2D eigenvalue weighted by molar-refractivity contribution is -0.166. The first kappa shape index (κ1) is 43.5. The third-order valence-electron chi connectivity index (χ3n) is 12.4. The minimum atomic E-state index is -0.955. The van der Waals surface area contributed by atoms with Gasteiger partial charge < -0.3 is 29.0 Å². The first-order chi connectivity index (χ1) is 25.9. The van der Waals surface area contributed by atoms with Crippen molar-refractivity contribution in [2.75, 3.05) is 52.7 Å². The summed E-state index contributed by atoms with van der Waals surface area (Å²) in [5.41, 5.74) is 0. The molecule has 0 saturated heterocycles. The first-order valence-corrected chi connectivity index (χ1v) is 21.9. The van der Waals surface area contributed by atoms with Crippen LogP contribution in [-0.2, 0) is 38.1 Å². The van der Waals surface area contributed by atoms with Crippen LogP contribution in [0.15, 0.2) is 0 Å². The number of hydrogen-bond donors (Lipinski definition) is 1. The number of aliphatic hydroxyl groups excluding tert-OH is 1. The van der Waals surface area contributed by atoms with Gasteiger partial charge in [0.05, 0.1) is 26.4 Å². The summed E-state index contributed by atoms with van der Waals surface area (Å²) >= 11 is 0. The molecule has 4 aliphatic carbocycles. The second-order valence-electron chi connectivity index (χ2n) is 16.8. The molecule has 0 amide bonds. The summed E-state index contributed by atoms with van der Waals surface area (Å²) in [6, 6.07) is 0. The topological polar surface area (TPSA) is 129 Å². The molecule has 0 aromatic carbocycles. The van der Waals surface area contributed by atoms with Gasteiger partial charge >= 0.3 is 23.9 Å². The SMILES string of the molecule is O=C(OCC1CCCCC1)C(CCCN(CCCO)CCCC(C(=O)OCC1CCCCC1)C(=O)OCC1CCCCC1)C(=O)OCC1CCCCC1.